The fourth-order valence-electron chi connectivity index (χ4n) is 3.17. The molecule has 1 aromatic carbocycles. The van der Waals surface area contributed by atoms with Crippen LogP contribution in [0.4, 0.5) is 5.82 Å². The summed E-state index contributed by atoms with van der Waals surface area (Å²) in [4.78, 5) is 13.3. The van der Waals surface area contributed by atoms with Gasteiger partial charge in [-0.3, -0.25) is 0 Å². The highest BCUT2D eigenvalue weighted by Gasteiger charge is 2.40. The zero-order valence-electron chi connectivity index (χ0n) is 12.8. The van der Waals surface area contributed by atoms with E-state index < -0.39 is 0 Å². The van der Waals surface area contributed by atoms with Crippen LogP contribution in [0.25, 0.3) is 10.9 Å². The average Bonchev–Trinajstić information content (AvgIpc) is 2.41. The third-order valence-corrected chi connectivity index (χ3v) is 4.85. The van der Waals surface area contributed by atoms with Crippen LogP contribution in [0.5, 0.6) is 0 Å². The lowest BCUT2D eigenvalue weighted by Gasteiger charge is -2.49. The Hall–Kier alpha value is -1.39. The molecule has 112 valence electrons. The molecule has 0 radical (unpaired) electrons. The number of aromatic nitrogens is 2. The van der Waals surface area contributed by atoms with E-state index in [0.29, 0.717) is 5.28 Å². The molecule has 5 heteroatoms. The summed E-state index contributed by atoms with van der Waals surface area (Å²) < 4.78 is 0. The highest BCUT2D eigenvalue weighted by Crippen LogP contribution is 2.38. The van der Waals surface area contributed by atoms with Crippen molar-refractivity contribution in [2.45, 2.75) is 24.8 Å². The fourth-order valence-corrected chi connectivity index (χ4v) is 3.34. The van der Waals surface area contributed by atoms with Crippen LogP contribution in [-0.2, 0) is 0 Å². The van der Waals surface area contributed by atoms with Crippen LogP contribution in [0, 0.1) is 0 Å². The molecule has 1 saturated carbocycles. The van der Waals surface area contributed by atoms with Crippen LogP contribution in [0.15, 0.2) is 24.3 Å². The van der Waals surface area contributed by atoms with Crippen molar-refractivity contribution in [3.8, 4) is 0 Å². The lowest BCUT2D eigenvalue weighted by Crippen LogP contribution is -2.56. The van der Waals surface area contributed by atoms with Crippen LogP contribution >= 0.6 is 11.6 Å². The maximum absolute atomic E-state index is 6.09. The Bertz CT molecular complexity index is 652. The Kier molecular flexibility index (Phi) is 3.76. The van der Waals surface area contributed by atoms with Gasteiger partial charge in [-0.25, -0.2) is 4.98 Å². The van der Waals surface area contributed by atoms with Gasteiger partial charge in [-0.05, 0) is 57.1 Å². The molecule has 0 aliphatic heterocycles. The van der Waals surface area contributed by atoms with Crippen LogP contribution in [0.2, 0.25) is 5.28 Å². The Morgan fingerprint density at radius 2 is 1.86 bits per heavy atom. The molecule has 1 aliphatic carbocycles. The van der Waals surface area contributed by atoms with E-state index in [9.17, 15) is 0 Å². The van der Waals surface area contributed by atoms with Gasteiger partial charge in [0.2, 0.25) is 5.28 Å². The Morgan fingerprint density at radius 1 is 1.14 bits per heavy atom. The van der Waals surface area contributed by atoms with Crippen molar-refractivity contribution in [2.24, 2.45) is 0 Å². The molecule has 3 rings (SSSR count). The lowest BCUT2D eigenvalue weighted by atomic mass is 9.75. The predicted molar refractivity (Wildman–Crippen MR) is 88.1 cm³/mol. The van der Waals surface area contributed by atoms with E-state index in [0.717, 1.165) is 23.3 Å². The maximum Gasteiger partial charge on any atom is 0.224 e. The van der Waals surface area contributed by atoms with Crippen molar-refractivity contribution in [3.63, 3.8) is 0 Å². The second kappa shape index (κ2) is 5.43. The summed E-state index contributed by atoms with van der Waals surface area (Å²) in [7, 11) is 6.42. The monoisotopic (exact) mass is 304 g/mol. The van der Waals surface area contributed by atoms with E-state index in [4.69, 9.17) is 11.6 Å². The van der Waals surface area contributed by atoms with Crippen LogP contribution in [0.3, 0.4) is 0 Å². The fraction of sp³-hybridized carbons (Fsp3) is 0.500. The predicted octanol–water partition coefficient (Wildman–Crippen LogP) is 3.20. The highest BCUT2D eigenvalue weighted by molar-refractivity contribution is 6.28. The molecule has 2 aromatic rings. The summed E-state index contributed by atoms with van der Waals surface area (Å²) >= 11 is 6.09. The van der Waals surface area contributed by atoms with E-state index in [2.05, 4.69) is 47.0 Å². The number of nitrogens with zero attached hydrogens (tertiary/aromatic N) is 4. The van der Waals surface area contributed by atoms with Gasteiger partial charge in [0.05, 0.1) is 5.52 Å². The summed E-state index contributed by atoms with van der Waals surface area (Å²) in [6.07, 6.45) is 3.78. The first kappa shape index (κ1) is 14.5. The second-order valence-electron chi connectivity index (χ2n) is 6.16. The van der Waals surface area contributed by atoms with Crippen molar-refractivity contribution < 1.29 is 0 Å². The minimum atomic E-state index is 0.257. The lowest BCUT2D eigenvalue weighted by molar-refractivity contribution is 0.0682. The third kappa shape index (κ3) is 2.58. The van der Waals surface area contributed by atoms with Crippen molar-refractivity contribution >= 4 is 28.3 Å². The highest BCUT2D eigenvalue weighted by atomic mass is 35.5. The molecule has 21 heavy (non-hydrogen) atoms. The van der Waals surface area contributed by atoms with E-state index in [1.165, 1.54) is 19.3 Å². The van der Waals surface area contributed by atoms with Gasteiger partial charge >= 0.3 is 0 Å². The van der Waals surface area contributed by atoms with Gasteiger partial charge in [-0.1, -0.05) is 12.1 Å². The number of likely N-dealkylation sites (N-methyl/N-ethyl adjacent to an activating group) is 2. The first-order chi connectivity index (χ1) is 10.0. The number of para-hydroxylation sites is 1. The summed E-state index contributed by atoms with van der Waals surface area (Å²) in [6, 6.07) is 8.02. The number of rotatable bonds is 4. The molecular weight excluding hydrogens is 284 g/mol. The molecule has 1 aliphatic rings. The number of benzene rings is 1. The minimum absolute atomic E-state index is 0.257. The molecule has 1 fully saturated rings. The molecule has 1 aromatic heterocycles. The topological polar surface area (TPSA) is 32.3 Å². The maximum atomic E-state index is 6.09. The standard InChI is InChI=1S/C16H21ClN4/c1-20(2)16(9-6-10-16)11-21(3)14-12-7-4-5-8-13(12)18-15(17)19-14/h4-5,7-8H,6,9-11H2,1-3H3. The number of hydrogen-bond acceptors (Lipinski definition) is 4. The Labute approximate surface area is 130 Å². The van der Waals surface area contributed by atoms with Gasteiger partial charge < -0.3 is 9.80 Å². The summed E-state index contributed by atoms with van der Waals surface area (Å²) in [5.41, 5.74) is 1.15. The van der Waals surface area contributed by atoms with Gasteiger partial charge in [-0.15, -0.1) is 0 Å². The first-order valence-electron chi connectivity index (χ1n) is 7.33. The van der Waals surface area contributed by atoms with Crippen LogP contribution in [-0.4, -0.2) is 48.1 Å². The van der Waals surface area contributed by atoms with Gasteiger partial charge in [0, 0.05) is 24.5 Å². The number of fused-ring (bicyclic) bond motifs is 1. The first-order valence-corrected chi connectivity index (χ1v) is 7.70. The van der Waals surface area contributed by atoms with E-state index >= 15 is 0 Å². The SMILES string of the molecule is CN(CC1(N(C)C)CCC1)c1nc(Cl)nc2ccccc12. The number of halogens is 1. The summed E-state index contributed by atoms with van der Waals surface area (Å²) in [6.45, 7) is 0.956. The van der Waals surface area contributed by atoms with E-state index in [1.807, 2.05) is 18.2 Å². The van der Waals surface area contributed by atoms with Gasteiger partial charge in [0.1, 0.15) is 5.82 Å². The minimum Gasteiger partial charge on any atom is -0.357 e. The second-order valence-corrected chi connectivity index (χ2v) is 6.50. The molecule has 0 spiro atoms. The summed E-state index contributed by atoms with van der Waals surface area (Å²) in [5, 5.41) is 1.36. The quantitative estimate of drug-likeness (QED) is 0.812. The van der Waals surface area contributed by atoms with Gasteiger partial charge in [0.15, 0.2) is 0 Å². The van der Waals surface area contributed by atoms with E-state index in [-0.39, 0.29) is 5.54 Å². The van der Waals surface area contributed by atoms with Gasteiger partial charge in [-0.2, -0.15) is 4.98 Å². The normalized spacial score (nSPS) is 17.0. The van der Waals surface area contributed by atoms with Crippen molar-refractivity contribution in [3.05, 3.63) is 29.5 Å². The summed E-state index contributed by atoms with van der Waals surface area (Å²) in [5.74, 6) is 0.915. The van der Waals surface area contributed by atoms with Crippen molar-refractivity contribution in [1.29, 1.82) is 0 Å². The van der Waals surface area contributed by atoms with E-state index in [1.54, 1.807) is 0 Å². The largest absolute Gasteiger partial charge is 0.357 e. The molecule has 0 saturated heterocycles. The van der Waals surface area contributed by atoms with Crippen molar-refractivity contribution in [1.82, 2.24) is 14.9 Å². The zero-order chi connectivity index (χ0) is 15.0. The van der Waals surface area contributed by atoms with Crippen molar-refractivity contribution in [2.75, 3.05) is 32.6 Å². The molecule has 0 bridgehead atoms. The van der Waals surface area contributed by atoms with Gasteiger partial charge in [0.25, 0.3) is 0 Å². The molecule has 0 N–H and O–H groups in total. The molecule has 0 amide bonds. The zero-order valence-corrected chi connectivity index (χ0v) is 13.6. The van der Waals surface area contributed by atoms with Crippen LogP contribution < -0.4 is 4.90 Å². The molecule has 0 unspecified atom stereocenters. The Balaban J connectivity index is 1.96. The number of hydrogen-bond donors (Lipinski definition) is 0. The average molecular weight is 305 g/mol. The third-order valence-electron chi connectivity index (χ3n) is 4.68. The molecule has 1 heterocycles. The molecular formula is C16H21ClN4. The number of anilines is 1. The smallest absolute Gasteiger partial charge is 0.224 e. The Morgan fingerprint density at radius 3 is 2.48 bits per heavy atom. The molecule has 0 atom stereocenters. The van der Waals surface area contributed by atoms with Crippen LogP contribution in [0.1, 0.15) is 19.3 Å². The molecule has 4 nitrogen and oxygen atoms in total.